The molecule has 0 amide bonds. The molecule has 0 saturated heterocycles. The van der Waals surface area contributed by atoms with E-state index in [1.165, 1.54) is 6.92 Å². The van der Waals surface area contributed by atoms with Crippen molar-refractivity contribution in [3.63, 3.8) is 0 Å². The lowest BCUT2D eigenvalue weighted by atomic mass is 10.2. The summed E-state index contributed by atoms with van der Waals surface area (Å²) in [6.07, 6.45) is 0. The molecule has 0 saturated carbocycles. The highest BCUT2D eigenvalue weighted by molar-refractivity contribution is 8.07. The van der Waals surface area contributed by atoms with Gasteiger partial charge >= 0.3 is 13.6 Å². The molecule has 0 N–H and O–H groups in total. The molecule has 0 unspecified atom stereocenters. The van der Waals surface area contributed by atoms with Crippen molar-refractivity contribution >= 4 is 30.2 Å². The van der Waals surface area contributed by atoms with E-state index in [2.05, 4.69) is 0 Å². The van der Waals surface area contributed by atoms with Gasteiger partial charge in [0.05, 0.1) is 13.2 Å². The maximum atomic E-state index is 13.0. The molecule has 0 atom stereocenters. The van der Waals surface area contributed by atoms with E-state index >= 15 is 0 Å². The van der Waals surface area contributed by atoms with Gasteiger partial charge in [0, 0.05) is 23.4 Å². The minimum absolute atomic E-state index is 0.287. The molecule has 5 nitrogen and oxygen atoms in total. The SMILES string of the molecule is CCOP(=O)(/C=C(/SCc1ccccc1)c1ccc(OC(C)=O)cc1)OCC. The molecule has 2 aromatic carbocycles. The van der Waals surface area contributed by atoms with Crippen molar-refractivity contribution in [2.45, 2.75) is 26.5 Å². The second-order valence-electron chi connectivity index (χ2n) is 5.76. The Morgan fingerprint density at radius 1 is 1.00 bits per heavy atom. The van der Waals surface area contributed by atoms with Crippen LogP contribution in [0.4, 0.5) is 0 Å². The van der Waals surface area contributed by atoms with Crippen LogP contribution in [0.25, 0.3) is 4.91 Å². The Kier molecular flexibility index (Phi) is 9.00. The largest absolute Gasteiger partial charge is 0.427 e. The second kappa shape index (κ2) is 11.2. The number of carbonyl (C=O) groups excluding carboxylic acids is 1. The normalized spacial score (nSPS) is 12.0. The standard InChI is InChI=1S/C21H25O5PS/c1-4-24-27(23,25-5-2)15-21(28-16-18-9-7-6-8-10-18)19-11-13-20(14-12-19)26-17(3)22/h6-15H,4-5,16H2,1-3H3/b21-15+. The van der Waals surface area contributed by atoms with Crippen molar-refractivity contribution in [1.82, 2.24) is 0 Å². The van der Waals surface area contributed by atoms with Crippen molar-refractivity contribution in [1.29, 1.82) is 0 Å². The summed E-state index contributed by atoms with van der Waals surface area (Å²) in [7, 11) is -3.36. The van der Waals surface area contributed by atoms with Crippen molar-refractivity contribution in [2.75, 3.05) is 13.2 Å². The van der Waals surface area contributed by atoms with Crippen LogP contribution in [0.3, 0.4) is 0 Å². The number of benzene rings is 2. The van der Waals surface area contributed by atoms with Crippen molar-refractivity contribution in [3.8, 4) is 5.75 Å². The van der Waals surface area contributed by atoms with Gasteiger partial charge in [-0.2, -0.15) is 0 Å². The Balaban J connectivity index is 2.32. The first-order chi connectivity index (χ1) is 13.5. The van der Waals surface area contributed by atoms with Crippen molar-refractivity contribution < 1.29 is 23.1 Å². The molecule has 28 heavy (non-hydrogen) atoms. The van der Waals surface area contributed by atoms with Crippen LogP contribution in [-0.2, 0) is 24.2 Å². The van der Waals surface area contributed by atoms with E-state index in [1.807, 2.05) is 42.5 Å². The molecule has 0 aliphatic carbocycles. The van der Waals surface area contributed by atoms with Crippen LogP contribution < -0.4 is 4.74 Å². The number of carbonyl (C=O) groups is 1. The molecule has 150 valence electrons. The first-order valence-electron chi connectivity index (χ1n) is 9.03. The Hall–Kier alpha value is -1.85. The van der Waals surface area contributed by atoms with Gasteiger partial charge in [-0.15, -0.1) is 11.8 Å². The summed E-state index contributed by atoms with van der Waals surface area (Å²) in [6, 6.07) is 17.1. The number of thioether (sulfide) groups is 1. The summed E-state index contributed by atoms with van der Waals surface area (Å²) in [4.78, 5) is 11.9. The lowest BCUT2D eigenvalue weighted by molar-refractivity contribution is -0.131. The van der Waals surface area contributed by atoms with Crippen LogP contribution in [0, 0.1) is 0 Å². The summed E-state index contributed by atoms with van der Waals surface area (Å²) in [6.45, 7) is 5.50. The van der Waals surface area contributed by atoms with Gasteiger partial charge in [-0.05, 0) is 37.1 Å². The summed E-state index contributed by atoms with van der Waals surface area (Å²) >= 11 is 1.55. The Bertz CT molecular complexity index is 824. The number of rotatable bonds is 10. The quantitative estimate of drug-likeness (QED) is 0.263. The zero-order chi connectivity index (χ0) is 20.4. The second-order valence-corrected chi connectivity index (χ2v) is 8.63. The van der Waals surface area contributed by atoms with E-state index < -0.39 is 7.60 Å². The maximum Gasteiger partial charge on any atom is 0.355 e. The number of hydrogen-bond donors (Lipinski definition) is 0. The van der Waals surface area contributed by atoms with Gasteiger partial charge in [-0.1, -0.05) is 42.5 Å². The summed E-state index contributed by atoms with van der Waals surface area (Å²) in [5, 5.41) is 0. The van der Waals surface area contributed by atoms with Gasteiger partial charge < -0.3 is 13.8 Å². The number of hydrogen-bond acceptors (Lipinski definition) is 6. The third-order valence-electron chi connectivity index (χ3n) is 3.53. The molecule has 7 heteroatoms. The Labute approximate surface area is 170 Å². The van der Waals surface area contributed by atoms with Crippen LogP contribution >= 0.6 is 19.4 Å². The molecule has 0 aromatic heterocycles. The van der Waals surface area contributed by atoms with E-state index in [1.54, 1.807) is 43.6 Å². The van der Waals surface area contributed by atoms with E-state index in [-0.39, 0.29) is 19.2 Å². The number of esters is 1. The fourth-order valence-electron chi connectivity index (χ4n) is 2.40. The van der Waals surface area contributed by atoms with Crippen molar-refractivity contribution in [2.24, 2.45) is 0 Å². The molecule has 0 fully saturated rings. The predicted octanol–water partition coefficient (Wildman–Crippen LogP) is 6.11. The minimum Gasteiger partial charge on any atom is -0.427 e. The average Bonchev–Trinajstić information content (AvgIpc) is 2.66. The first-order valence-corrected chi connectivity index (χ1v) is 11.6. The summed E-state index contributed by atoms with van der Waals surface area (Å²) < 4.78 is 29.0. The van der Waals surface area contributed by atoms with Crippen LogP contribution in [-0.4, -0.2) is 19.2 Å². The molecule has 0 aliphatic rings. The molecular formula is C21H25O5PS. The third-order valence-corrected chi connectivity index (χ3v) is 6.66. The Morgan fingerprint density at radius 2 is 1.61 bits per heavy atom. The maximum absolute atomic E-state index is 13.0. The van der Waals surface area contributed by atoms with E-state index in [4.69, 9.17) is 13.8 Å². The molecule has 0 spiro atoms. The predicted molar refractivity (Wildman–Crippen MR) is 114 cm³/mol. The van der Waals surface area contributed by atoms with Crippen LogP contribution in [0.5, 0.6) is 5.75 Å². The summed E-state index contributed by atoms with van der Waals surface area (Å²) in [5.41, 5.74) is 1.99. The smallest absolute Gasteiger partial charge is 0.355 e. The van der Waals surface area contributed by atoms with Gasteiger partial charge in [0.15, 0.2) is 0 Å². The van der Waals surface area contributed by atoms with Gasteiger partial charge in [-0.25, -0.2) is 0 Å². The summed E-state index contributed by atoms with van der Waals surface area (Å²) in [5.74, 6) is 2.37. The molecule has 2 aromatic rings. The van der Waals surface area contributed by atoms with Gasteiger partial charge in [0.2, 0.25) is 0 Å². The third kappa shape index (κ3) is 7.28. The highest BCUT2D eigenvalue weighted by atomic mass is 32.2. The van der Waals surface area contributed by atoms with Crippen molar-refractivity contribution in [3.05, 3.63) is 71.5 Å². The topological polar surface area (TPSA) is 61.8 Å². The fourth-order valence-corrected chi connectivity index (χ4v) is 5.28. The number of ether oxygens (including phenoxy) is 1. The highest BCUT2D eigenvalue weighted by Gasteiger charge is 2.22. The van der Waals surface area contributed by atoms with E-state index in [0.717, 1.165) is 16.0 Å². The van der Waals surface area contributed by atoms with Gasteiger partial charge in [0.1, 0.15) is 5.75 Å². The van der Waals surface area contributed by atoms with Crippen LogP contribution in [0.15, 0.2) is 60.4 Å². The van der Waals surface area contributed by atoms with Crippen LogP contribution in [0.1, 0.15) is 31.9 Å². The molecule has 0 radical (unpaired) electrons. The average molecular weight is 420 g/mol. The Morgan fingerprint density at radius 3 is 2.14 bits per heavy atom. The molecule has 0 bridgehead atoms. The zero-order valence-electron chi connectivity index (χ0n) is 16.3. The molecule has 2 rings (SSSR count). The molecule has 0 aliphatic heterocycles. The van der Waals surface area contributed by atoms with Gasteiger partial charge in [0.25, 0.3) is 0 Å². The van der Waals surface area contributed by atoms with Crippen LogP contribution in [0.2, 0.25) is 0 Å². The minimum atomic E-state index is -3.36. The van der Waals surface area contributed by atoms with E-state index in [9.17, 15) is 9.36 Å². The lowest BCUT2D eigenvalue weighted by Gasteiger charge is -2.16. The highest BCUT2D eigenvalue weighted by Crippen LogP contribution is 2.53. The zero-order valence-corrected chi connectivity index (χ0v) is 18.0. The molecular weight excluding hydrogens is 395 g/mol. The first kappa shape index (κ1) is 22.4. The molecule has 0 heterocycles. The lowest BCUT2D eigenvalue weighted by Crippen LogP contribution is -2.01. The van der Waals surface area contributed by atoms with Gasteiger partial charge in [-0.3, -0.25) is 9.36 Å². The van der Waals surface area contributed by atoms with E-state index in [0.29, 0.717) is 11.5 Å². The fraction of sp³-hybridized carbons (Fsp3) is 0.286. The monoisotopic (exact) mass is 420 g/mol.